The van der Waals surface area contributed by atoms with Gasteiger partial charge >= 0.3 is 0 Å². The average molecular weight is 287 g/mol. The zero-order chi connectivity index (χ0) is 15.1. The van der Waals surface area contributed by atoms with Crippen molar-refractivity contribution in [3.63, 3.8) is 0 Å². The molecule has 0 aliphatic carbocycles. The third kappa shape index (κ3) is 3.89. The number of hydrogen-bond donors (Lipinski definition) is 0. The van der Waals surface area contributed by atoms with Crippen molar-refractivity contribution in [2.45, 2.75) is 0 Å². The fourth-order valence-corrected chi connectivity index (χ4v) is 2.11. The molecule has 4 nitrogen and oxygen atoms in total. The minimum atomic E-state index is 0.651. The summed E-state index contributed by atoms with van der Waals surface area (Å²) < 4.78 is 15.6. The minimum absolute atomic E-state index is 0.651. The van der Waals surface area contributed by atoms with Crippen LogP contribution in [0.25, 0.3) is 0 Å². The van der Waals surface area contributed by atoms with Gasteiger partial charge in [-0.05, 0) is 48.5 Å². The maximum Gasteiger partial charge on any atom is 0.119 e. The summed E-state index contributed by atoms with van der Waals surface area (Å²) in [7, 11) is 5.04. The molecule has 112 valence electrons. The van der Waals surface area contributed by atoms with E-state index in [1.54, 1.807) is 21.3 Å². The van der Waals surface area contributed by atoms with Crippen LogP contribution in [-0.2, 0) is 4.74 Å². The summed E-state index contributed by atoms with van der Waals surface area (Å²) >= 11 is 0. The zero-order valence-corrected chi connectivity index (χ0v) is 12.7. The minimum Gasteiger partial charge on any atom is -0.497 e. The summed E-state index contributed by atoms with van der Waals surface area (Å²) in [6, 6.07) is 16.0. The van der Waals surface area contributed by atoms with Gasteiger partial charge in [0.2, 0.25) is 0 Å². The molecule has 0 atom stereocenters. The third-order valence-electron chi connectivity index (χ3n) is 3.29. The van der Waals surface area contributed by atoms with Crippen LogP contribution in [0.2, 0.25) is 0 Å². The lowest BCUT2D eigenvalue weighted by Gasteiger charge is -2.25. The van der Waals surface area contributed by atoms with Crippen molar-refractivity contribution in [1.82, 2.24) is 0 Å². The number of ether oxygens (including phenoxy) is 3. The predicted molar refractivity (Wildman–Crippen MR) is 84.9 cm³/mol. The van der Waals surface area contributed by atoms with Crippen molar-refractivity contribution in [3.05, 3.63) is 48.5 Å². The van der Waals surface area contributed by atoms with Crippen LogP contribution < -0.4 is 14.4 Å². The van der Waals surface area contributed by atoms with Gasteiger partial charge in [-0.2, -0.15) is 0 Å². The molecule has 0 amide bonds. The number of anilines is 2. The summed E-state index contributed by atoms with van der Waals surface area (Å²) in [6.07, 6.45) is 0. The van der Waals surface area contributed by atoms with Gasteiger partial charge in [0.1, 0.15) is 11.5 Å². The van der Waals surface area contributed by atoms with Crippen molar-refractivity contribution < 1.29 is 14.2 Å². The quantitative estimate of drug-likeness (QED) is 0.780. The molecular formula is C17H21NO3. The molecule has 2 aromatic rings. The normalized spacial score (nSPS) is 10.2. The van der Waals surface area contributed by atoms with E-state index < -0.39 is 0 Å². The Morgan fingerprint density at radius 3 is 1.48 bits per heavy atom. The molecule has 0 radical (unpaired) electrons. The average Bonchev–Trinajstić information content (AvgIpc) is 2.56. The van der Waals surface area contributed by atoms with Crippen LogP contribution in [0.1, 0.15) is 0 Å². The lowest BCUT2D eigenvalue weighted by atomic mass is 10.2. The second-order valence-corrected chi connectivity index (χ2v) is 4.54. The second-order valence-electron chi connectivity index (χ2n) is 4.54. The molecule has 0 aliphatic rings. The monoisotopic (exact) mass is 287 g/mol. The largest absolute Gasteiger partial charge is 0.497 e. The van der Waals surface area contributed by atoms with Crippen LogP contribution >= 0.6 is 0 Å². The lowest BCUT2D eigenvalue weighted by molar-refractivity contribution is 0.207. The molecule has 0 heterocycles. The standard InChI is InChI=1S/C17H21NO3/c1-19-13-12-18(14-4-8-16(20-2)9-5-14)15-6-10-17(21-3)11-7-15/h4-11H,12-13H2,1-3H3. The van der Waals surface area contributed by atoms with Crippen molar-refractivity contribution in [3.8, 4) is 11.5 Å². The van der Waals surface area contributed by atoms with E-state index in [9.17, 15) is 0 Å². The van der Waals surface area contributed by atoms with E-state index in [1.165, 1.54) is 0 Å². The van der Waals surface area contributed by atoms with Crippen molar-refractivity contribution in [2.24, 2.45) is 0 Å². The van der Waals surface area contributed by atoms with Gasteiger partial charge in [0, 0.05) is 25.0 Å². The summed E-state index contributed by atoms with van der Waals surface area (Å²) in [5.74, 6) is 1.69. The molecule has 2 aromatic carbocycles. The third-order valence-corrected chi connectivity index (χ3v) is 3.29. The van der Waals surface area contributed by atoms with Gasteiger partial charge in [-0.1, -0.05) is 0 Å². The summed E-state index contributed by atoms with van der Waals surface area (Å²) in [6.45, 7) is 1.42. The predicted octanol–water partition coefficient (Wildman–Crippen LogP) is 3.49. The SMILES string of the molecule is COCCN(c1ccc(OC)cc1)c1ccc(OC)cc1. The van der Waals surface area contributed by atoms with E-state index in [2.05, 4.69) is 4.90 Å². The van der Waals surface area contributed by atoms with Crippen LogP contribution in [0.3, 0.4) is 0 Å². The maximum atomic E-state index is 5.21. The Hall–Kier alpha value is -2.20. The maximum absolute atomic E-state index is 5.21. The van der Waals surface area contributed by atoms with Gasteiger partial charge in [0.15, 0.2) is 0 Å². The number of rotatable bonds is 7. The molecule has 0 saturated carbocycles. The molecular weight excluding hydrogens is 266 g/mol. The Morgan fingerprint density at radius 2 is 1.14 bits per heavy atom. The molecule has 0 N–H and O–H groups in total. The highest BCUT2D eigenvalue weighted by atomic mass is 16.5. The lowest BCUT2D eigenvalue weighted by Crippen LogP contribution is -2.21. The summed E-state index contributed by atoms with van der Waals surface area (Å²) in [5.41, 5.74) is 2.19. The Morgan fingerprint density at radius 1 is 0.714 bits per heavy atom. The number of methoxy groups -OCH3 is 3. The topological polar surface area (TPSA) is 30.9 Å². The van der Waals surface area contributed by atoms with Gasteiger partial charge < -0.3 is 19.1 Å². The van der Waals surface area contributed by atoms with Crippen molar-refractivity contribution in [1.29, 1.82) is 0 Å². The van der Waals surface area contributed by atoms with Gasteiger partial charge in [0.05, 0.1) is 20.8 Å². The Bertz CT molecular complexity index is 489. The highest BCUT2D eigenvalue weighted by molar-refractivity contribution is 5.64. The fourth-order valence-electron chi connectivity index (χ4n) is 2.11. The molecule has 0 aliphatic heterocycles. The van der Waals surface area contributed by atoms with Gasteiger partial charge in [0.25, 0.3) is 0 Å². The van der Waals surface area contributed by atoms with E-state index in [1.807, 2.05) is 48.5 Å². The molecule has 21 heavy (non-hydrogen) atoms. The Kier molecular flexibility index (Phi) is 5.46. The van der Waals surface area contributed by atoms with E-state index in [0.29, 0.717) is 6.61 Å². The molecule has 4 heteroatoms. The first-order valence-corrected chi connectivity index (χ1v) is 6.83. The Labute approximate surface area is 125 Å². The smallest absolute Gasteiger partial charge is 0.119 e. The van der Waals surface area contributed by atoms with Crippen LogP contribution in [0.15, 0.2) is 48.5 Å². The molecule has 0 fully saturated rings. The van der Waals surface area contributed by atoms with E-state index >= 15 is 0 Å². The summed E-state index contributed by atoms with van der Waals surface area (Å²) in [4.78, 5) is 2.20. The van der Waals surface area contributed by atoms with E-state index in [0.717, 1.165) is 29.4 Å². The molecule has 0 aromatic heterocycles. The molecule has 2 rings (SSSR count). The van der Waals surface area contributed by atoms with Gasteiger partial charge in [-0.15, -0.1) is 0 Å². The molecule has 0 spiro atoms. The van der Waals surface area contributed by atoms with E-state index in [4.69, 9.17) is 14.2 Å². The Balaban J connectivity index is 2.26. The number of nitrogens with zero attached hydrogens (tertiary/aromatic N) is 1. The first-order chi connectivity index (χ1) is 10.3. The van der Waals surface area contributed by atoms with E-state index in [-0.39, 0.29) is 0 Å². The van der Waals surface area contributed by atoms with Crippen LogP contribution in [0.5, 0.6) is 11.5 Å². The highest BCUT2D eigenvalue weighted by Gasteiger charge is 2.09. The molecule has 0 saturated heterocycles. The van der Waals surface area contributed by atoms with Crippen molar-refractivity contribution >= 4 is 11.4 Å². The van der Waals surface area contributed by atoms with Gasteiger partial charge in [-0.3, -0.25) is 0 Å². The first-order valence-electron chi connectivity index (χ1n) is 6.83. The zero-order valence-electron chi connectivity index (χ0n) is 12.7. The van der Waals surface area contributed by atoms with Crippen LogP contribution in [0, 0.1) is 0 Å². The highest BCUT2D eigenvalue weighted by Crippen LogP contribution is 2.28. The number of benzene rings is 2. The molecule has 0 unspecified atom stereocenters. The van der Waals surface area contributed by atoms with Crippen LogP contribution in [-0.4, -0.2) is 34.5 Å². The molecule has 0 bridgehead atoms. The van der Waals surface area contributed by atoms with Gasteiger partial charge in [-0.25, -0.2) is 0 Å². The first kappa shape index (κ1) is 15.2. The van der Waals surface area contributed by atoms with Crippen molar-refractivity contribution in [2.75, 3.05) is 39.4 Å². The number of hydrogen-bond acceptors (Lipinski definition) is 4. The second kappa shape index (κ2) is 7.55. The summed E-state index contributed by atoms with van der Waals surface area (Å²) in [5, 5.41) is 0. The van der Waals surface area contributed by atoms with Crippen LogP contribution in [0.4, 0.5) is 11.4 Å². The fraction of sp³-hybridized carbons (Fsp3) is 0.294.